The monoisotopic (exact) mass is 428 g/mol. The van der Waals surface area contributed by atoms with Crippen molar-refractivity contribution in [1.82, 2.24) is 0 Å². The van der Waals surface area contributed by atoms with Gasteiger partial charge in [0, 0.05) is 12.5 Å². The number of nitrogens with two attached hydrogens (primary N) is 1. The molecule has 0 fully saturated rings. The van der Waals surface area contributed by atoms with Crippen molar-refractivity contribution in [3.05, 3.63) is 76.2 Å². The molecular weight excluding hydrogens is 404 g/mol. The fraction of sp³-hybridized carbons (Fsp3) is 0.227. The quantitative estimate of drug-likeness (QED) is 0.622. The van der Waals surface area contributed by atoms with Crippen molar-refractivity contribution >= 4 is 21.6 Å². The molecule has 0 saturated carbocycles. The molecule has 0 saturated heterocycles. The van der Waals surface area contributed by atoms with Gasteiger partial charge in [-0.2, -0.15) is 0 Å². The van der Waals surface area contributed by atoms with Crippen molar-refractivity contribution in [3.8, 4) is 5.75 Å². The van der Waals surface area contributed by atoms with E-state index in [1.807, 2.05) is 0 Å². The van der Waals surface area contributed by atoms with Gasteiger partial charge in [0.05, 0.1) is 17.7 Å². The lowest BCUT2D eigenvalue weighted by molar-refractivity contribution is 0.0994. The molecule has 0 bridgehead atoms. The summed E-state index contributed by atoms with van der Waals surface area (Å²) in [6.45, 7) is 6.18. The van der Waals surface area contributed by atoms with Crippen molar-refractivity contribution < 1.29 is 22.4 Å². The summed E-state index contributed by atoms with van der Waals surface area (Å²) in [5.41, 5.74) is 5.03. The number of furan rings is 1. The largest absolute Gasteiger partial charge is 0.495 e. The van der Waals surface area contributed by atoms with Crippen molar-refractivity contribution in [3.63, 3.8) is 0 Å². The van der Waals surface area contributed by atoms with Crippen molar-refractivity contribution in [2.45, 2.75) is 32.1 Å². The first-order chi connectivity index (χ1) is 14.1. The number of amides is 1. The Morgan fingerprint density at radius 2 is 1.73 bits per heavy atom. The maximum Gasteiger partial charge on any atom is 0.291 e. The third-order valence-corrected chi connectivity index (χ3v) is 5.74. The minimum absolute atomic E-state index is 0.110. The van der Waals surface area contributed by atoms with E-state index in [0.29, 0.717) is 17.9 Å². The van der Waals surface area contributed by atoms with Gasteiger partial charge in [0.15, 0.2) is 5.76 Å². The molecule has 0 aliphatic carbocycles. The molecule has 2 aromatic carbocycles. The average Bonchev–Trinajstić information content (AvgIpc) is 3.13. The van der Waals surface area contributed by atoms with Gasteiger partial charge in [-0.3, -0.25) is 4.79 Å². The fourth-order valence-corrected chi connectivity index (χ4v) is 3.92. The summed E-state index contributed by atoms with van der Waals surface area (Å²) < 4.78 is 33.9. The van der Waals surface area contributed by atoms with Crippen LogP contribution >= 0.6 is 0 Å². The molecule has 3 aromatic rings. The molecule has 3 rings (SSSR count). The van der Waals surface area contributed by atoms with E-state index < -0.39 is 15.9 Å². The summed E-state index contributed by atoms with van der Waals surface area (Å²) in [6, 6.07) is 11.6. The van der Waals surface area contributed by atoms with Crippen LogP contribution < -0.4 is 15.2 Å². The maximum absolute atomic E-state index is 12.6. The van der Waals surface area contributed by atoms with Gasteiger partial charge in [-0.05, 0) is 61.7 Å². The van der Waals surface area contributed by atoms with Crippen LogP contribution in [-0.4, -0.2) is 21.4 Å². The van der Waals surface area contributed by atoms with Crippen LogP contribution in [-0.2, 0) is 16.4 Å². The lowest BCUT2D eigenvalue weighted by atomic mass is 9.97. The Kier molecular flexibility index (Phi) is 6.00. The molecule has 0 unspecified atom stereocenters. The molecule has 0 spiro atoms. The minimum Gasteiger partial charge on any atom is -0.495 e. The standard InChI is InChI=1S/C22H24N2O5S/c1-13-9-14(2)18(15(3)10-13)11-16-5-8-20(29-16)22(25)24-19-7-6-17(30(23,26)27)12-21(19)28-4/h5-10,12H,11H2,1-4H3,(H,24,25)(H2,23,26,27). The van der Waals surface area contributed by atoms with Gasteiger partial charge >= 0.3 is 0 Å². The van der Waals surface area contributed by atoms with Crippen LogP contribution in [0.1, 0.15) is 38.6 Å². The third kappa shape index (κ3) is 4.72. The van der Waals surface area contributed by atoms with Crippen LogP contribution in [0.2, 0.25) is 0 Å². The zero-order valence-corrected chi connectivity index (χ0v) is 18.1. The molecule has 8 heteroatoms. The molecule has 0 atom stereocenters. The normalized spacial score (nSPS) is 11.4. The highest BCUT2D eigenvalue weighted by atomic mass is 32.2. The van der Waals surface area contributed by atoms with E-state index in [1.54, 1.807) is 12.1 Å². The number of carbonyl (C=O) groups excluding carboxylic acids is 1. The van der Waals surface area contributed by atoms with Gasteiger partial charge in [0.25, 0.3) is 5.91 Å². The Bertz CT molecular complexity index is 1190. The molecule has 1 aromatic heterocycles. The second-order valence-corrected chi connectivity index (χ2v) is 8.74. The molecule has 0 radical (unpaired) electrons. The van der Waals surface area contributed by atoms with Crippen LogP contribution in [0.25, 0.3) is 0 Å². The summed E-state index contributed by atoms with van der Waals surface area (Å²) in [5, 5.41) is 7.80. The zero-order valence-electron chi connectivity index (χ0n) is 17.3. The zero-order chi connectivity index (χ0) is 22.1. The van der Waals surface area contributed by atoms with Gasteiger partial charge in [-0.15, -0.1) is 0 Å². The second kappa shape index (κ2) is 8.33. The Hall–Kier alpha value is -3.10. The number of anilines is 1. The van der Waals surface area contributed by atoms with Gasteiger partial charge in [-0.25, -0.2) is 13.6 Å². The van der Waals surface area contributed by atoms with E-state index >= 15 is 0 Å². The van der Waals surface area contributed by atoms with E-state index in [0.717, 1.165) is 0 Å². The Morgan fingerprint density at radius 3 is 2.33 bits per heavy atom. The number of benzene rings is 2. The molecule has 0 aliphatic heterocycles. The number of sulfonamides is 1. The number of aryl methyl sites for hydroxylation is 3. The Balaban J connectivity index is 1.79. The highest BCUT2D eigenvalue weighted by Gasteiger charge is 2.17. The van der Waals surface area contributed by atoms with Crippen molar-refractivity contribution in [2.24, 2.45) is 5.14 Å². The highest BCUT2D eigenvalue weighted by molar-refractivity contribution is 7.89. The summed E-state index contributed by atoms with van der Waals surface area (Å²) in [7, 11) is -2.51. The third-order valence-electron chi connectivity index (χ3n) is 4.83. The Labute approximate surface area is 175 Å². The van der Waals surface area contributed by atoms with Crippen molar-refractivity contribution in [2.75, 3.05) is 12.4 Å². The summed E-state index contributed by atoms with van der Waals surface area (Å²) in [5.74, 6) is 0.518. The number of ether oxygens (including phenoxy) is 1. The summed E-state index contributed by atoms with van der Waals surface area (Å²) in [4.78, 5) is 12.5. The number of rotatable bonds is 6. The predicted octanol–water partition coefficient (Wildman–Crippen LogP) is 3.70. The number of hydrogen-bond donors (Lipinski definition) is 2. The predicted molar refractivity (Wildman–Crippen MR) is 114 cm³/mol. The van der Waals surface area contributed by atoms with E-state index in [-0.39, 0.29) is 16.4 Å². The van der Waals surface area contributed by atoms with Crippen LogP contribution in [0, 0.1) is 20.8 Å². The average molecular weight is 429 g/mol. The van der Waals surface area contributed by atoms with Gasteiger partial charge < -0.3 is 14.5 Å². The molecule has 158 valence electrons. The van der Waals surface area contributed by atoms with Gasteiger partial charge in [0.2, 0.25) is 10.0 Å². The van der Waals surface area contributed by atoms with E-state index in [4.69, 9.17) is 14.3 Å². The lowest BCUT2D eigenvalue weighted by Crippen LogP contribution is -2.14. The van der Waals surface area contributed by atoms with Crippen LogP contribution in [0.15, 0.2) is 51.8 Å². The number of carbonyl (C=O) groups is 1. The fourth-order valence-electron chi connectivity index (χ4n) is 3.39. The first-order valence-corrected chi connectivity index (χ1v) is 10.8. The molecule has 7 nitrogen and oxygen atoms in total. The topological polar surface area (TPSA) is 112 Å². The maximum atomic E-state index is 12.6. The second-order valence-electron chi connectivity index (χ2n) is 7.18. The van der Waals surface area contributed by atoms with E-state index in [9.17, 15) is 13.2 Å². The molecule has 30 heavy (non-hydrogen) atoms. The van der Waals surface area contributed by atoms with Gasteiger partial charge in [0.1, 0.15) is 11.5 Å². The Morgan fingerprint density at radius 1 is 1.07 bits per heavy atom. The number of hydrogen-bond acceptors (Lipinski definition) is 5. The minimum atomic E-state index is -3.88. The lowest BCUT2D eigenvalue weighted by Gasteiger charge is -2.11. The van der Waals surface area contributed by atoms with E-state index in [1.165, 1.54) is 47.6 Å². The summed E-state index contributed by atoms with van der Waals surface area (Å²) in [6.07, 6.45) is 0.581. The molecule has 1 amide bonds. The van der Waals surface area contributed by atoms with Crippen molar-refractivity contribution in [1.29, 1.82) is 0 Å². The molecular formula is C22H24N2O5S. The smallest absolute Gasteiger partial charge is 0.291 e. The highest BCUT2D eigenvalue weighted by Crippen LogP contribution is 2.28. The van der Waals surface area contributed by atoms with Crippen LogP contribution in [0.4, 0.5) is 5.69 Å². The van der Waals surface area contributed by atoms with Crippen LogP contribution in [0.3, 0.4) is 0 Å². The summed E-state index contributed by atoms with van der Waals surface area (Å²) >= 11 is 0. The van der Waals surface area contributed by atoms with Gasteiger partial charge in [-0.1, -0.05) is 17.7 Å². The SMILES string of the molecule is COc1cc(S(N)(=O)=O)ccc1NC(=O)c1ccc(Cc2c(C)cc(C)cc2C)o1. The first kappa shape index (κ1) is 21.6. The molecule has 0 aliphatic rings. The number of methoxy groups -OCH3 is 1. The number of nitrogens with one attached hydrogen (secondary N) is 1. The number of primary sulfonamides is 1. The molecule has 1 heterocycles. The molecule has 3 N–H and O–H groups in total. The van der Waals surface area contributed by atoms with Crippen LogP contribution in [0.5, 0.6) is 5.75 Å². The first-order valence-electron chi connectivity index (χ1n) is 9.26. The van der Waals surface area contributed by atoms with E-state index in [2.05, 4.69) is 38.2 Å².